The van der Waals surface area contributed by atoms with Gasteiger partial charge in [-0.3, -0.25) is 4.79 Å². The third-order valence-corrected chi connectivity index (χ3v) is 2.99. The lowest BCUT2D eigenvalue weighted by atomic mass is 10.3. The lowest BCUT2D eigenvalue weighted by Gasteiger charge is -2.06. The van der Waals surface area contributed by atoms with Gasteiger partial charge in [-0.05, 0) is 12.1 Å². The lowest BCUT2D eigenvalue weighted by Crippen LogP contribution is -2.28. The molecule has 1 amide bonds. The number of rotatable bonds is 2. The molecule has 76 valence electrons. The highest BCUT2D eigenvalue weighted by atomic mass is 32.2. The van der Waals surface area contributed by atoms with Crippen molar-refractivity contribution in [1.29, 1.82) is 0 Å². The smallest absolute Gasteiger partial charge is 0.266 e. The first-order chi connectivity index (χ1) is 6.43. The Labute approximate surface area is 82.0 Å². The van der Waals surface area contributed by atoms with Gasteiger partial charge >= 0.3 is 0 Å². The third-order valence-electron chi connectivity index (χ3n) is 1.49. The van der Waals surface area contributed by atoms with Gasteiger partial charge in [-0.25, -0.2) is 13.1 Å². The number of hydrogen-bond acceptors (Lipinski definition) is 4. The van der Waals surface area contributed by atoms with Crippen molar-refractivity contribution in [3.63, 3.8) is 0 Å². The highest BCUT2D eigenvalue weighted by Gasteiger charge is 2.17. The van der Waals surface area contributed by atoms with Crippen molar-refractivity contribution in [3.05, 3.63) is 24.3 Å². The summed E-state index contributed by atoms with van der Waals surface area (Å²) in [5.74, 6) is -0.645. The van der Waals surface area contributed by atoms with Gasteiger partial charge in [0.15, 0.2) is 0 Å². The second kappa shape index (κ2) is 3.67. The number of anilines is 1. The Bertz CT molecular complexity index is 453. The Morgan fingerprint density at radius 2 is 1.93 bits per heavy atom. The minimum Gasteiger partial charge on any atom is -0.398 e. The van der Waals surface area contributed by atoms with E-state index < -0.39 is 15.9 Å². The number of amides is 1. The molecule has 14 heavy (non-hydrogen) atoms. The van der Waals surface area contributed by atoms with Gasteiger partial charge in [0.25, 0.3) is 10.0 Å². The molecule has 6 heteroatoms. The Balaban J connectivity index is 3.17. The van der Waals surface area contributed by atoms with Crippen molar-refractivity contribution in [3.8, 4) is 0 Å². The number of benzene rings is 1. The SMILES string of the molecule is CC(=O)NS(=O)(=O)c1ccccc1N. The third kappa shape index (κ3) is 2.23. The van der Waals surface area contributed by atoms with E-state index in [1.165, 1.54) is 18.2 Å². The molecule has 0 aliphatic rings. The molecule has 0 radical (unpaired) electrons. The molecule has 0 spiro atoms. The van der Waals surface area contributed by atoms with Crippen LogP contribution in [0.2, 0.25) is 0 Å². The van der Waals surface area contributed by atoms with E-state index in [2.05, 4.69) is 0 Å². The van der Waals surface area contributed by atoms with Gasteiger partial charge in [0.05, 0.1) is 5.69 Å². The number of nitrogens with one attached hydrogen (secondary N) is 1. The van der Waals surface area contributed by atoms with Crippen molar-refractivity contribution in [1.82, 2.24) is 4.72 Å². The quantitative estimate of drug-likeness (QED) is 0.683. The first-order valence-corrected chi connectivity index (χ1v) is 5.29. The number of sulfonamides is 1. The number of carbonyl (C=O) groups excluding carboxylic acids is 1. The molecule has 0 saturated heterocycles. The molecular formula is C8H10N2O3S. The second-order valence-corrected chi connectivity index (χ2v) is 4.35. The second-order valence-electron chi connectivity index (χ2n) is 2.70. The van der Waals surface area contributed by atoms with Gasteiger partial charge < -0.3 is 5.73 Å². The summed E-state index contributed by atoms with van der Waals surface area (Å²) >= 11 is 0. The number of hydrogen-bond donors (Lipinski definition) is 2. The predicted molar refractivity (Wildman–Crippen MR) is 51.9 cm³/mol. The van der Waals surface area contributed by atoms with Crippen LogP contribution in [0.1, 0.15) is 6.92 Å². The van der Waals surface area contributed by atoms with E-state index in [0.717, 1.165) is 6.92 Å². The average molecular weight is 214 g/mol. The van der Waals surface area contributed by atoms with Gasteiger partial charge in [-0.15, -0.1) is 0 Å². The fourth-order valence-electron chi connectivity index (χ4n) is 0.969. The summed E-state index contributed by atoms with van der Waals surface area (Å²) in [6, 6.07) is 5.93. The van der Waals surface area contributed by atoms with Crippen molar-refractivity contribution in [2.24, 2.45) is 0 Å². The van der Waals surface area contributed by atoms with Crippen molar-refractivity contribution >= 4 is 21.6 Å². The van der Waals surface area contributed by atoms with Gasteiger partial charge in [-0.1, -0.05) is 12.1 Å². The van der Waals surface area contributed by atoms with Crippen molar-refractivity contribution < 1.29 is 13.2 Å². The fourth-order valence-corrected chi connectivity index (χ4v) is 2.09. The standard InChI is InChI=1S/C8H10N2O3S/c1-6(11)10-14(12,13)8-5-3-2-4-7(8)9/h2-5H,9H2,1H3,(H,10,11). The normalized spacial score (nSPS) is 10.9. The number of para-hydroxylation sites is 1. The summed E-state index contributed by atoms with van der Waals surface area (Å²) in [5, 5.41) is 0. The topological polar surface area (TPSA) is 89.3 Å². The van der Waals surface area contributed by atoms with Crippen molar-refractivity contribution in [2.75, 3.05) is 5.73 Å². The van der Waals surface area contributed by atoms with E-state index in [0.29, 0.717) is 0 Å². The average Bonchev–Trinajstić information content (AvgIpc) is 2.02. The van der Waals surface area contributed by atoms with Crippen molar-refractivity contribution in [2.45, 2.75) is 11.8 Å². The molecule has 0 fully saturated rings. The Morgan fingerprint density at radius 3 is 2.43 bits per heavy atom. The van der Waals surface area contributed by atoms with E-state index in [9.17, 15) is 13.2 Å². The molecule has 1 aromatic rings. The van der Waals surface area contributed by atoms with Crippen LogP contribution in [0.5, 0.6) is 0 Å². The minimum absolute atomic E-state index is 0.0878. The molecule has 0 atom stereocenters. The maximum Gasteiger partial charge on any atom is 0.266 e. The van der Waals surface area contributed by atoms with E-state index >= 15 is 0 Å². The highest BCUT2D eigenvalue weighted by molar-refractivity contribution is 7.90. The van der Waals surface area contributed by atoms with Crippen LogP contribution in [0.3, 0.4) is 0 Å². The molecule has 0 bridgehead atoms. The molecule has 0 aliphatic carbocycles. The van der Waals surface area contributed by atoms with Crippen LogP contribution in [0.25, 0.3) is 0 Å². The first-order valence-electron chi connectivity index (χ1n) is 3.81. The summed E-state index contributed by atoms with van der Waals surface area (Å²) in [5.41, 5.74) is 5.56. The van der Waals surface area contributed by atoms with Crippen LogP contribution in [0, 0.1) is 0 Å². The maximum absolute atomic E-state index is 11.5. The molecule has 0 unspecified atom stereocenters. The zero-order valence-electron chi connectivity index (χ0n) is 7.52. The first kappa shape index (κ1) is 10.5. The summed E-state index contributed by atoms with van der Waals surface area (Å²) in [7, 11) is -3.81. The monoisotopic (exact) mass is 214 g/mol. The molecule has 1 rings (SSSR count). The maximum atomic E-state index is 11.5. The van der Waals surface area contributed by atoms with Gasteiger partial charge in [0.1, 0.15) is 4.90 Å². The number of nitrogens with two attached hydrogens (primary N) is 1. The minimum atomic E-state index is -3.81. The molecule has 0 heterocycles. The zero-order chi connectivity index (χ0) is 10.8. The van der Waals surface area contributed by atoms with E-state index in [1.54, 1.807) is 6.07 Å². The molecule has 0 aliphatic heterocycles. The van der Waals surface area contributed by atoms with Crippen LogP contribution < -0.4 is 10.5 Å². The highest BCUT2D eigenvalue weighted by Crippen LogP contribution is 2.16. The van der Waals surface area contributed by atoms with E-state index in [-0.39, 0.29) is 10.6 Å². The molecule has 0 aromatic heterocycles. The van der Waals surface area contributed by atoms with Crippen LogP contribution in [0.4, 0.5) is 5.69 Å². The Hall–Kier alpha value is -1.56. The Morgan fingerprint density at radius 1 is 1.36 bits per heavy atom. The summed E-state index contributed by atoms with van der Waals surface area (Å²) in [4.78, 5) is 10.5. The van der Waals surface area contributed by atoms with Gasteiger partial charge in [0.2, 0.25) is 5.91 Å². The number of carbonyl (C=O) groups is 1. The van der Waals surface area contributed by atoms with E-state index in [4.69, 9.17) is 5.73 Å². The van der Waals surface area contributed by atoms with E-state index in [1.807, 2.05) is 4.72 Å². The van der Waals surface area contributed by atoms with Crippen LogP contribution in [-0.2, 0) is 14.8 Å². The van der Waals surface area contributed by atoms with Crippen LogP contribution in [0.15, 0.2) is 29.2 Å². The molecule has 1 aromatic carbocycles. The number of nitrogen functional groups attached to an aromatic ring is 1. The summed E-state index contributed by atoms with van der Waals surface area (Å²) in [6.45, 7) is 1.12. The predicted octanol–water partition coefficient (Wildman–Crippen LogP) is 0.0936. The molecular weight excluding hydrogens is 204 g/mol. The van der Waals surface area contributed by atoms with Crippen LogP contribution in [-0.4, -0.2) is 14.3 Å². The van der Waals surface area contributed by atoms with Gasteiger partial charge in [-0.2, -0.15) is 0 Å². The summed E-state index contributed by atoms with van der Waals surface area (Å²) < 4.78 is 24.7. The Kier molecular flexibility index (Phi) is 2.76. The molecule has 5 nitrogen and oxygen atoms in total. The lowest BCUT2D eigenvalue weighted by molar-refractivity contribution is -0.117. The molecule has 0 saturated carbocycles. The zero-order valence-corrected chi connectivity index (χ0v) is 8.34. The summed E-state index contributed by atoms with van der Waals surface area (Å²) in [6.07, 6.45) is 0. The molecule has 3 N–H and O–H groups in total. The largest absolute Gasteiger partial charge is 0.398 e. The van der Waals surface area contributed by atoms with Gasteiger partial charge in [0, 0.05) is 6.92 Å². The fraction of sp³-hybridized carbons (Fsp3) is 0.125. The van der Waals surface area contributed by atoms with Crippen LogP contribution >= 0.6 is 0 Å².